The number of hydrogen-bond donors (Lipinski definition) is 2. The van der Waals surface area contributed by atoms with Crippen LogP contribution in [0.15, 0.2) is 36.5 Å². The highest BCUT2D eigenvalue weighted by Gasteiger charge is 2.11. The molecular formula is C18H22N6S. The van der Waals surface area contributed by atoms with Gasteiger partial charge in [-0.1, -0.05) is 24.3 Å². The summed E-state index contributed by atoms with van der Waals surface area (Å²) < 4.78 is 3.73. The van der Waals surface area contributed by atoms with Crippen LogP contribution in [0.3, 0.4) is 0 Å². The first kappa shape index (κ1) is 17.2. The normalized spacial score (nSPS) is 10.7. The van der Waals surface area contributed by atoms with Crippen molar-refractivity contribution >= 4 is 28.8 Å². The standard InChI is InChI=1S/C18H22N6S/c1-12-7-5-6-8-15(12)11-24-10-9-16(22-24)19-18(25)20-17-13(2)21-23(4)14(17)3/h5-10H,11H2,1-4H3,(H2,19,20,22,25). The van der Waals surface area contributed by atoms with Crippen molar-refractivity contribution in [2.24, 2.45) is 7.05 Å². The van der Waals surface area contributed by atoms with Crippen molar-refractivity contribution in [3.8, 4) is 0 Å². The molecule has 0 saturated heterocycles. The summed E-state index contributed by atoms with van der Waals surface area (Å²) in [7, 11) is 1.91. The van der Waals surface area contributed by atoms with Crippen molar-refractivity contribution < 1.29 is 0 Å². The molecular weight excluding hydrogens is 332 g/mol. The Morgan fingerprint density at radius 2 is 1.84 bits per heavy atom. The van der Waals surface area contributed by atoms with Gasteiger partial charge in [-0.15, -0.1) is 0 Å². The predicted octanol–water partition coefficient (Wildman–Crippen LogP) is 3.40. The van der Waals surface area contributed by atoms with E-state index in [1.807, 2.05) is 54.7 Å². The van der Waals surface area contributed by atoms with E-state index in [2.05, 4.69) is 39.9 Å². The molecule has 0 fully saturated rings. The largest absolute Gasteiger partial charge is 0.329 e. The molecule has 2 heterocycles. The third kappa shape index (κ3) is 3.88. The molecule has 0 bridgehead atoms. The number of aryl methyl sites for hydroxylation is 3. The fourth-order valence-electron chi connectivity index (χ4n) is 2.69. The summed E-state index contributed by atoms with van der Waals surface area (Å²) in [4.78, 5) is 0. The summed E-state index contributed by atoms with van der Waals surface area (Å²) in [5, 5.41) is 15.7. The Morgan fingerprint density at radius 3 is 2.52 bits per heavy atom. The Bertz CT molecular complexity index is 908. The number of nitrogens with one attached hydrogen (secondary N) is 2. The van der Waals surface area contributed by atoms with Gasteiger partial charge in [0.1, 0.15) is 0 Å². The van der Waals surface area contributed by atoms with E-state index in [0.717, 1.165) is 23.6 Å². The van der Waals surface area contributed by atoms with Crippen LogP contribution in [0.4, 0.5) is 11.5 Å². The highest BCUT2D eigenvalue weighted by Crippen LogP contribution is 2.18. The molecule has 2 aromatic heterocycles. The number of thiocarbonyl (C=S) groups is 1. The lowest BCUT2D eigenvalue weighted by Crippen LogP contribution is -2.20. The number of rotatable bonds is 4. The average molecular weight is 354 g/mol. The minimum Gasteiger partial charge on any atom is -0.329 e. The van der Waals surface area contributed by atoms with Gasteiger partial charge in [0.25, 0.3) is 0 Å². The average Bonchev–Trinajstić information content (AvgIpc) is 3.09. The second-order valence-electron chi connectivity index (χ2n) is 6.07. The lowest BCUT2D eigenvalue weighted by molar-refractivity contribution is 0.687. The number of aromatic nitrogens is 4. The maximum Gasteiger partial charge on any atom is 0.176 e. The molecule has 3 aromatic rings. The van der Waals surface area contributed by atoms with Crippen LogP contribution >= 0.6 is 12.2 Å². The van der Waals surface area contributed by atoms with Crippen molar-refractivity contribution in [2.45, 2.75) is 27.3 Å². The Hall–Kier alpha value is -2.67. The Balaban J connectivity index is 1.65. The highest BCUT2D eigenvalue weighted by atomic mass is 32.1. The third-order valence-corrected chi connectivity index (χ3v) is 4.43. The fraction of sp³-hybridized carbons (Fsp3) is 0.278. The van der Waals surface area contributed by atoms with E-state index < -0.39 is 0 Å². The summed E-state index contributed by atoms with van der Waals surface area (Å²) in [5.41, 5.74) is 5.38. The number of nitrogens with zero attached hydrogens (tertiary/aromatic N) is 4. The van der Waals surface area contributed by atoms with Gasteiger partial charge in [0, 0.05) is 19.3 Å². The Morgan fingerprint density at radius 1 is 1.08 bits per heavy atom. The number of anilines is 2. The zero-order chi connectivity index (χ0) is 18.0. The Kier molecular flexibility index (Phi) is 4.85. The molecule has 0 spiro atoms. The van der Waals surface area contributed by atoms with Crippen LogP contribution in [-0.2, 0) is 13.6 Å². The molecule has 0 aliphatic carbocycles. The van der Waals surface area contributed by atoms with Gasteiger partial charge in [-0.25, -0.2) is 0 Å². The fourth-order valence-corrected chi connectivity index (χ4v) is 2.90. The van der Waals surface area contributed by atoms with Crippen LogP contribution in [-0.4, -0.2) is 24.7 Å². The molecule has 7 heteroatoms. The van der Waals surface area contributed by atoms with E-state index in [9.17, 15) is 0 Å². The van der Waals surface area contributed by atoms with Gasteiger partial charge >= 0.3 is 0 Å². The van der Waals surface area contributed by atoms with Gasteiger partial charge in [0.2, 0.25) is 0 Å². The quantitative estimate of drug-likeness (QED) is 0.703. The van der Waals surface area contributed by atoms with Crippen molar-refractivity contribution in [2.75, 3.05) is 10.6 Å². The topological polar surface area (TPSA) is 59.7 Å². The summed E-state index contributed by atoms with van der Waals surface area (Å²) in [5.74, 6) is 0.713. The third-order valence-electron chi connectivity index (χ3n) is 4.22. The van der Waals surface area contributed by atoms with Crippen LogP contribution in [0.2, 0.25) is 0 Å². The van der Waals surface area contributed by atoms with Crippen molar-refractivity contribution in [3.05, 3.63) is 59.0 Å². The highest BCUT2D eigenvalue weighted by molar-refractivity contribution is 7.80. The molecule has 0 saturated carbocycles. The molecule has 0 atom stereocenters. The molecule has 0 aliphatic heterocycles. The monoisotopic (exact) mass is 354 g/mol. The number of benzene rings is 1. The van der Waals surface area contributed by atoms with E-state index >= 15 is 0 Å². The molecule has 0 amide bonds. The second kappa shape index (κ2) is 7.06. The lowest BCUT2D eigenvalue weighted by atomic mass is 10.1. The summed E-state index contributed by atoms with van der Waals surface area (Å²) in [6.07, 6.45) is 1.94. The van der Waals surface area contributed by atoms with Gasteiger partial charge < -0.3 is 10.6 Å². The first-order valence-corrected chi connectivity index (χ1v) is 8.51. The molecule has 0 radical (unpaired) electrons. The smallest absolute Gasteiger partial charge is 0.176 e. The maximum atomic E-state index is 5.40. The Labute approximate surface area is 152 Å². The SMILES string of the molecule is Cc1ccccc1Cn1ccc(NC(=S)Nc2c(C)nn(C)c2C)n1. The molecule has 1 aromatic carbocycles. The molecule has 25 heavy (non-hydrogen) atoms. The molecule has 3 rings (SSSR count). The van der Waals surface area contributed by atoms with E-state index in [1.165, 1.54) is 11.1 Å². The second-order valence-corrected chi connectivity index (χ2v) is 6.48. The number of hydrogen-bond acceptors (Lipinski definition) is 3. The van der Waals surface area contributed by atoms with Crippen LogP contribution in [0.5, 0.6) is 0 Å². The van der Waals surface area contributed by atoms with Gasteiger partial charge in [-0.2, -0.15) is 10.2 Å². The van der Waals surface area contributed by atoms with E-state index in [1.54, 1.807) is 0 Å². The van der Waals surface area contributed by atoms with Crippen molar-refractivity contribution in [1.82, 2.24) is 19.6 Å². The van der Waals surface area contributed by atoms with Crippen molar-refractivity contribution in [3.63, 3.8) is 0 Å². The minimum atomic E-state index is 0.500. The zero-order valence-corrected chi connectivity index (χ0v) is 15.7. The lowest BCUT2D eigenvalue weighted by Gasteiger charge is -2.09. The first-order valence-electron chi connectivity index (χ1n) is 8.10. The van der Waals surface area contributed by atoms with Gasteiger partial charge in [0.05, 0.1) is 23.6 Å². The summed E-state index contributed by atoms with van der Waals surface area (Å²) >= 11 is 5.40. The van der Waals surface area contributed by atoms with E-state index in [4.69, 9.17) is 12.2 Å². The van der Waals surface area contributed by atoms with Crippen LogP contribution in [0.25, 0.3) is 0 Å². The molecule has 130 valence electrons. The zero-order valence-electron chi connectivity index (χ0n) is 14.9. The summed E-state index contributed by atoms with van der Waals surface area (Å²) in [6, 6.07) is 10.2. The van der Waals surface area contributed by atoms with Crippen LogP contribution < -0.4 is 10.6 Å². The van der Waals surface area contributed by atoms with Crippen LogP contribution in [0.1, 0.15) is 22.5 Å². The molecule has 0 aliphatic rings. The molecule has 6 nitrogen and oxygen atoms in total. The summed E-state index contributed by atoms with van der Waals surface area (Å²) in [6.45, 7) is 6.79. The van der Waals surface area contributed by atoms with E-state index in [0.29, 0.717) is 10.9 Å². The van der Waals surface area contributed by atoms with Crippen molar-refractivity contribution in [1.29, 1.82) is 0 Å². The minimum absolute atomic E-state index is 0.500. The van der Waals surface area contributed by atoms with Gasteiger partial charge in [-0.05, 0) is 44.1 Å². The van der Waals surface area contributed by atoms with Gasteiger partial charge in [0.15, 0.2) is 10.9 Å². The van der Waals surface area contributed by atoms with Gasteiger partial charge in [-0.3, -0.25) is 9.36 Å². The van der Waals surface area contributed by atoms with Crippen LogP contribution in [0, 0.1) is 20.8 Å². The first-order chi connectivity index (χ1) is 11.9. The predicted molar refractivity (Wildman–Crippen MR) is 105 cm³/mol. The molecule has 2 N–H and O–H groups in total. The maximum absolute atomic E-state index is 5.40. The molecule has 0 unspecified atom stereocenters. The van der Waals surface area contributed by atoms with E-state index in [-0.39, 0.29) is 0 Å².